The topological polar surface area (TPSA) is 141 Å². The summed E-state index contributed by atoms with van der Waals surface area (Å²) in [5, 5.41) is 1.00. The Kier molecular flexibility index (Phi) is 8.91. The molecule has 0 saturated carbocycles. The Morgan fingerprint density at radius 2 is 1.74 bits per heavy atom. The van der Waals surface area contributed by atoms with Crippen molar-refractivity contribution in [2.24, 2.45) is 0 Å². The zero-order valence-electron chi connectivity index (χ0n) is 33.9. The molecule has 16 heteroatoms. The number of alkyl halides is 1. The largest absolute Gasteiger partial charge is 0.472 e. The van der Waals surface area contributed by atoms with Crippen molar-refractivity contribution in [2.45, 2.75) is 128 Å². The summed E-state index contributed by atoms with van der Waals surface area (Å²) in [7, 11) is 0. The Bertz CT molecular complexity index is 2410. The fourth-order valence-corrected chi connectivity index (χ4v) is 9.88. The molecule has 0 aliphatic carbocycles. The summed E-state index contributed by atoms with van der Waals surface area (Å²) in [6.45, 7) is 13.9. The summed E-state index contributed by atoms with van der Waals surface area (Å²) < 4.78 is 58.0. The number of carbonyl (C=O) groups is 2. The number of nitrogens with zero attached hydrogens (tertiary/aromatic N) is 7. The Hall–Kier alpha value is -5.12. The van der Waals surface area contributed by atoms with Crippen molar-refractivity contribution in [1.29, 1.82) is 0 Å². The summed E-state index contributed by atoms with van der Waals surface area (Å²) in [6.07, 6.45) is 0.291. The van der Waals surface area contributed by atoms with Gasteiger partial charge in [-0.2, -0.15) is 9.97 Å². The lowest BCUT2D eigenvalue weighted by atomic mass is 9.95. The number of fused-ring (bicyclic) bond motifs is 7. The lowest BCUT2D eigenvalue weighted by Gasteiger charge is -2.48. The standard InChI is InChI=1S/C42H49F2N7O7/c1-22-33-27-14-13-25(50(27)38(53)57-40(2,3)4)20-49(33)35-29-31(46-37(47-35)55-21-42-15-10-16-48(42)19-24(43)18-42)30(44)32(45-36(29)56-22)34-26-12-9-8-11-23(26)17-28(52)51(34)39(54)58-41(5,6)7/h8-9,11-12,17,22,24-25,27,33H,10,13-16,18-21H2,1-7H3/t22-,24+,25+,27-,33+,42-/m0/s1. The Morgan fingerprint density at radius 1 is 1.00 bits per heavy atom. The molecule has 4 fully saturated rings. The van der Waals surface area contributed by atoms with Crippen molar-refractivity contribution >= 4 is 39.7 Å². The highest BCUT2D eigenvalue weighted by atomic mass is 19.1. The van der Waals surface area contributed by atoms with Crippen LogP contribution in [0.4, 0.5) is 24.2 Å². The molecular weight excluding hydrogens is 752 g/mol. The van der Waals surface area contributed by atoms with Gasteiger partial charge in [0.1, 0.15) is 52.5 Å². The minimum absolute atomic E-state index is 0.0118. The molecule has 4 aromatic rings. The van der Waals surface area contributed by atoms with Crippen molar-refractivity contribution in [3.63, 3.8) is 0 Å². The van der Waals surface area contributed by atoms with E-state index in [1.165, 1.54) is 6.07 Å². The maximum atomic E-state index is 17.8. The summed E-state index contributed by atoms with van der Waals surface area (Å²) in [5.74, 6) is -0.626. The quantitative estimate of drug-likeness (QED) is 0.219. The van der Waals surface area contributed by atoms with Gasteiger partial charge in [0, 0.05) is 31.0 Å². The maximum absolute atomic E-state index is 17.8. The van der Waals surface area contributed by atoms with Gasteiger partial charge in [0.05, 0.1) is 29.4 Å². The van der Waals surface area contributed by atoms with Crippen molar-refractivity contribution in [1.82, 2.24) is 29.3 Å². The van der Waals surface area contributed by atoms with Crippen LogP contribution in [0.3, 0.4) is 0 Å². The van der Waals surface area contributed by atoms with Crippen molar-refractivity contribution in [3.05, 3.63) is 46.5 Å². The molecule has 0 unspecified atom stereocenters. The van der Waals surface area contributed by atoms with E-state index in [-0.39, 0.29) is 52.9 Å². The van der Waals surface area contributed by atoms with Gasteiger partial charge in [-0.1, -0.05) is 24.3 Å². The number of amides is 1. The number of carbonyl (C=O) groups excluding carboxylic acids is 2. The van der Waals surface area contributed by atoms with Gasteiger partial charge in [-0.3, -0.25) is 14.6 Å². The highest BCUT2D eigenvalue weighted by Gasteiger charge is 2.54. The van der Waals surface area contributed by atoms with E-state index in [0.29, 0.717) is 48.9 Å². The highest BCUT2D eigenvalue weighted by molar-refractivity contribution is 6.02. The lowest BCUT2D eigenvalue weighted by Crippen LogP contribution is -2.65. The average molecular weight is 802 g/mol. The normalized spacial score (nSPS) is 26.7. The van der Waals surface area contributed by atoms with Crippen LogP contribution in [-0.2, 0) is 9.47 Å². The van der Waals surface area contributed by atoms with Gasteiger partial charge in [-0.05, 0) is 86.1 Å². The SMILES string of the molecule is C[C@@H]1Oc2nc(-c3c4ccccc4cc(=O)n3C(=O)OC(C)(C)C)c(F)c3nc(OC[C@@]45CCCN4C[C@H](F)C5)nc(c23)N2C[C@H]3CC[C@@H]([C@@H]12)N3C(=O)OC(C)(C)C. The number of anilines is 1. The van der Waals surface area contributed by atoms with Crippen LogP contribution in [0.25, 0.3) is 33.1 Å². The van der Waals surface area contributed by atoms with E-state index in [4.69, 9.17) is 28.9 Å². The fraction of sp³-hybridized carbons (Fsp3) is 0.571. The Labute approximate surface area is 334 Å². The zero-order chi connectivity index (χ0) is 41.1. The van der Waals surface area contributed by atoms with E-state index in [2.05, 4.69) is 9.88 Å². The first-order valence-corrected chi connectivity index (χ1v) is 20.2. The molecule has 5 aliphatic rings. The van der Waals surface area contributed by atoms with Crippen LogP contribution >= 0.6 is 0 Å². The Balaban J connectivity index is 1.24. The molecule has 2 bridgehead atoms. The summed E-state index contributed by atoms with van der Waals surface area (Å²) in [4.78, 5) is 61.8. The second-order valence-corrected chi connectivity index (χ2v) is 18.4. The molecule has 0 radical (unpaired) electrons. The van der Waals surface area contributed by atoms with Gasteiger partial charge in [0.15, 0.2) is 5.82 Å². The number of rotatable bonds is 4. The molecule has 0 spiro atoms. The molecule has 4 saturated heterocycles. The molecule has 5 aliphatic heterocycles. The van der Waals surface area contributed by atoms with Crippen molar-refractivity contribution in [3.8, 4) is 23.3 Å². The van der Waals surface area contributed by atoms with Gasteiger partial charge < -0.3 is 23.8 Å². The monoisotopic (exact) mass is 801 g/mol. The third-order valence-corrected chi connectivity index (χ3v) is 12.0. The van der Waals surface area contributed by atoms with Crippen LogP contribution in [0.1, 0.15) is 80.6 Å². The number of pyridine rings is 2. The molecule has 0 N–H and O–H groups in total. The smallest absolute Gasteiger partial charge is 0.422 e. The predicted molar refractivity (Wildman–Crippen MR) is 211 cm³/mol. The van der Waals surface area contributed by atoms with Crippen molar-refractivity contribution in [2.75, 3.05) is 31.1 Å². The highest BCUT2D eigenvalue weighted by Crippen LogP contribution is 2.47. The lowest BCUT2D eigenvalue weighted by molar-refractivity contribution is 0.000905. The van der Waals surface area contributed by atoms with E-state index in [1.54, 1.807) is 49.9 Å². The number of piperazine rings is 1. The first-order chi connectivity index (χ1) is 27.4. The summed E-state index contributed by atoms with van der Waals surface area (Å²) in [6, 6.07) is 6.94. The van der Waals surface area contributed by atoms with Crippen LogP contribution in [0.5, 0.6) is 11.9 Å². The van der Waals surface area contributed by atoms with E-state index in [0.717, 1.165) is 24.0 Å². The third-order valence-electron chi connectivity index (χ3n) is 12.0. The molecule has 58 heavy (non-hydrogen) atoms. The number of ether oxygens (including phenoxy) is 4. The average Bonchev–Trinajstić information content (AvgIpc) is 3.74. The molecule has 3 aromatic heterocycles. The van der Waals surface area contributed by atoms with E-state index < -0.39 is 58.6 Å². The fourth-order valence-electron chi connectivity index (χ4n) is 9.88. The van der Waals surface area contributed by atoms with Crippen LogP contribution in [0.2, 0.25) is 0 Å². The van der Waals surface area contributed by atoms with Crippen LogP contribution in [0, 0.1) is 5.82 Å². The summed E-state index contributed by atoms with van der Waals surface area (Å²) >= 11 is 0. The van der Waals surface area contributed by atoms with Crippen molar-refractivity contribution < 1.29 is 37.3 Å². The number of hydrogen-bond acceptors (Lipinski definition) is 12. The second kappa shape index (κ2) is 13.5. The van der Waals surface area contributed by atoms with Gasteiger partial charge >= 0.3 is 18.2 Å². The minimum atomic E-state index is -1.01. The minimum Gasteiger partial charge on any atom is -0.472 e. The molecule has 6 atom stereocenters. The Morgan fingerprint density at radius 3 is 2.50 bits per heavy atom. The molecule has 14 nitrogen and oxygen atoms in total. The molecule has 8 heterocycles. The number of benzene rings is 1. The van der Waals surface area contributed by atoms with E-state index >= 15 is 4.39 Å². The van der Waals surface area contributed by atoms with Gasteiger partial charge in [0.2, 0.25) is 5.88 Å². The molecular formula is C42H49F2N7O7. The maximum Gasteiger partial charge on any atom is 0.422 e. The van der Waals surface area contributed by atoms with Crippen LogP contribution in [-0.4, -0.2) is 115 Å². The van der Waals surface area contributed by atoms with Gasteiger partial charge in [0.25, 0.3) is 5.56 Å². The first kappa shape index (κ1) is 38.4. The van der Waals surface area contributed by atoms with E-state index in [9.17, 15) is 18.8 Å². The summed E-state index contributed by atoms with van der Waals surface area (Å²) in [5.41, 5.74) is -3.67. The molecule has 1 amide bonds. The molecule has 308 valence electrons. The predicted octanol–water partition coefficient (Wildman–Crippen LogP) is 6.62. The molecule has 1 aromatic carbocycles. The van der Waals surface area contributed by atoms with Gasteiger partial charge in [-0.15, -0.1) is 0 Å². The second-order valence-electron chi connectivity index (χ2n) is 18.4. The van der Waals surface area contributed by atoms with E-state index in [1.807, 2.05) is 32.6 Å². The zero-order valence-corrected chi connectivity index (χ0v) is 33.9. The van der Waals surface area contributed by atoms with Crippen LogP contribution < -0.4 is 19.9 Å². The first-order valence-electron chi connectivity index (χ1n) is 20.2. The third kappa shape index (κ3) is 6.38. The molecule has 9 rings (SSSR count). The number of hydrogen-bond donors (Lipinski definition) is 0. The van der Waals surface area contributed by atoms with Crippen LogP contribution in [0.15, 0.2) is 35.1 Å². The van der Waals surface area contributed by atoms with Gasteiger partial charge in [-0.25, -0.2) is 27.9 Å². The number of halogens is 2. The number of aromatic nitrogens is 4.